The highest BCUT2D eigenvalue weighted by Gasteiger charge is 2.08. The standard InChI is InChI=1S/C20H24FN3O2.ClH/c1-2-22-14-16-6-3-4-7-18(16)24-19(25)8-5-13-23-20(26)15-9-11-17(21)12-10-15;/h3-4,6-7,9-12,22H,2,5,8,13-14H2,1H3,(H,23,26)(H,24,25);1H. The summed E-state index contributed by atoms with van der Waals surface area (Å²) in [6.07, 6.45) is 0.827. The maximum Gasteiger partial charge on any atom is 0.251 e. The van der Waals surface area contributed by atoms with Crippen molar-refractivity contribution in [3.8, 4) is 0 Å². The van der Waals surface area contributed by atoms with Gasteiger partial charge >= 0.3 is 0 Å². The Morgan fingerprint density at radius 2 is 1.74 bits per heavy atom. The van der Waals surface area contributed by atoms with Crippen LogP contribution in [0.25, 0.3) is 0 Å². The van der Waals surface area contributed by atoms with Crippen molar-refractivity contribution in [2.24, 2.45) is 0 Å². The maximum absolute atomic E-state index is 12.8. The summed E-state index contributed by atoms with van der Waals surface area (Å²) in [5, 5.41) is 8.88. The molecule has 0 bridgehead atoms. The molecule has 0 unspecified atom stereocenters. The molecule has 0 aliphatic carbocycles. The molecule has 0 radical (unpaired) electrons. The Bertz CT molecular complexity index is 738. The van der Waals surface area contributed by atoms with Crippen LogP contribution in [0.2, 0.25) is 0 Å². The molecule has 0 aromatic heterocycles. The van der Waals surface area contributed by atoms with Crippen LogP contribution < -0.4 is 16.0 Å². The van der Waals surface area contributed by atoms with Gasteiger partial charge in [-0.15, -0.1) is 12.4 Å². The number of rotatable bonds is 9. The number of para-hydroxylation sites is 1. The van der Waals surface area contributed by atoms with Crippen LogP contribution in [0, 0.1) is 5.82 Å². The number of carbonyl (C=O) groups excluding carboxylic acids is 2. The van der Waals surface area contributed by atoms with E-state index in [1.54, 1.807) is 0 Å². The largest absolute Gasteiger partial charge is 0.352 e. The Kier molecular flexibility index (Phi) is 10.1. The second kappa shape index (κ2) is 12.0. The molecule has 2 rings (SSSR count). The number of halogens is 2. The van der Waals surface area contributed by atoms with Crippen molar-refractivity contribution in [1.29, 1.82) is 0 Å². The van der Waals surface area contributed by atoms with Crippen LogP contribution in [-0.2, 0) is 11.3 Å². The molecule has 0 heterocycles. The van der Waals surface area contributed by atoms with E-state index in [4.69, 9.17) is 0 Å². The lowest BCUT2D eigenvalue weighted by Crippen LogP contribution is -2.25. The topological polar surface area (TPSA) is 70.2 Å². The van der Waals surface area contributed by atoms with Crippen molar-refractivity contribution in [3.05, 3.63) is 65.5 Å². The summed E-state index contributed by atoms with van der Waals surface area (Å²) >= 11 is 0. The van der Waals surface area contributed by atoms with Crippen LogP contribution in [0.3, 0.4) is 0 Å². The molecule has 0 spiro atoms. The lowest BCUT2D eigenvalue weighted by molar-refractivity contribution is -0.116. The highest BCUT2D eigenvalue weighted by molar-refractivity contribution is 5.94. The first-order valence-electron chi connectivity index (χ1n) is 8.72. The molecule has 2 aromatic carbocycles. The molecule has 3 N–H and O–H groups in total. The van der Waals surface area contributed by atoms with Gasteiger partial charge in [-0.2, -0.15) is 0 Å². The summed E-state index contributed by atoms with van der Waals surface area (Å²) in [6, 6.07) is 13.0. The molecule has 0 saturated carbocycles. The van der Waals surface area contributed by atoms with Crippen molar-refractivity contribution < 1.29 is 14.0 Å². The fourth-order valence-electron chi connectivity index (χ4n) is 2.42. The number of hydrogen-bond donors (Lipinski definition) is 3. The zero-order chi connectivity index (χ0) is 18.8. The van der Waals surface area contributed by atoms with Gasteiger partial charge in [-0.1, -0.05) is 25.1 Å². The number of benzene rings is 2. The monoisotopic (exact) mass is 393 g/mol. The second-order valence-electron chi connectivity index (χ2n) is 5.85. The van der Waals surface area contributed by atoms with E-state index in [0.29, 0.717) is 31.5 Å². The molecule has 0 aliphatic heterocycles. The smallest absolute Gasteiger partial charge is 0.251 e. The van der Waals surface area contributed by atoms with Gasteiger partial charge in [0.1, 0.15) is 5.82 Å². The zero-order valence-corrected chi connectivity index (χ0v) is 16.1. The molecule has 0 saturated heterocycles. The Labute approximate surface area is 165 Å². The van der Waals surface area contributed by atoms with E-state index >= 15 is 0 Å². The van der Waals surface area contributed by atoms with Crippen LogP contribution in [0.4, 0.5) is 10.1 Å². The molecule has 2 aromatic rings. The van der Waals surface area contributed by atoms with Crippen molar-refractivity contribution in [2.75, 3.05) is 18.4 Å². The first-order chi connectivity index (χ1) is 12.6. The number of amides is 2. The molecule has 0 atom stereocenters. The Morgan fingerprint density at radius 3 is 2.44 bits per heavy atom. The molecule has 146 valence electrons. The van der Waals surface area contributed by atoms with Gasteiger partial charge in [-0.25, -0.2) is 4.39 Å². The normalized spacial score (nSPS) is 10.0. The van der Waals surface area contributed by atoms with Crippen LogP contribution in [-0.4, -0.2) is 24.9 Å². The SMILES string of the molecule is CCNCc1ccccc1NC(=O)CCCNC(=O)c1ccc(F)cc1.Cl. The average Bonchev–Trinajstić information content (AvgIpc) is 2.65. The first kappa shape index (κ1) is 22.6. The highest BCUT2D eigenvalue weighted by Crippen LogP contribution is 2.15. The quantitative estimate of drug-likeness (QED) is 0.571. The van der Waals surface area contributed by atoms with E-state index in [2.05, 4.69) is 16.0 Å². The number of anilines is 1. The van der Waals surface area contributed by atoms with Gasteiger partial charge in [-0.3, -0.25) is 9.59 Å². The van der Waals surface area contributed by atoms with Crippen LogP contribution in [0.15, 0.2) is 48.5 Å². The summed E-state index contributed by atoms with van der Waals surface area (Å²) in [7, 11) is 0. The van der Waals surface area contributed by atoms with E-state index in [9.17, 15) is 14.0 Å². The van der Waals surface area contributed by atoms with Crippen LogP contribution >= 0.6 is 12.4 Å². The Balaban J connectivity index is 0.00000364. The van der Waals surface area contributed by atoms with Gasteiger partial charge in [0, 0.05) is 30.8 Å². The van der Waals surface area contributed by atoms with Gasteiger partial charge in [-0.05, 0) is 48.9 Å². The van der Waals surface area contributed by atoms with Gasteiger partial charge in [0.25, 0.3) is 5.91 Å². The minimum atomic E-state index is -0.382. The fraction of sp³-hybridized carbons (Fsp3) is 0.300. The van der Waals surface area contributed by atoms with Gasteiger partial charge < -0.3 is 16.0 Å². The Morgan fingerprint density at radius 1 is 1.04 bits per heavy atom. The van der Waals surface area contributed by atoms with E-state index in [1.165, 1.54) is 24.3 Å². The highest BCUT2D eigenvalue weighted by atomic mass is 35.5. The third kappa shape index (κ3) is 7.76. The molecule has 7 heteroatoms. The molecule has 2 amide bonds. The van der Waals surface area contributed by atoms with E-state index in [0.717, 1.165) is 17.8 Å². The molecule has 0 fully saturated rings. The summed E-state index contributed by atoms with van der Waals surface area (Å²) in [5.74, 6) is -0.751. The van der Waals surface area contributed by atoms with Gasteiger partial charge in [0.05, 0.1) is 0 Å². The second-order valence-corrected chi connectivity index (χ2v) is 5.85. The van der Waals surface area contributed by atoms with Crippen molar-refractivity contribution in [1.82, 2.24) is 10.6 Å². The van der Waals surface area contributed by atoms with Crippen LogP contribution in [0.5, 0.6) is 0 Å². The third-order valence-electron chi connectivity index (χ3n) is 3.83. The summed E-state index contributed by atoms with van der Waals surface area (Å²) in [5.41, 5.74) is 2.23. The number of hydrogen-bond acceptors (Lipinski definition) is 3. The molecule has 5 nitrogen and oxygen atoms in total. The predicted molar refractivity (Wildman–Crippen MR) is 108 cm³/mol. The summed E-state index contributed by atoms with van der Waals surface area (Å²) in [4.78, 5) is 24.0. The van der Waals surface area contributed by atoms with E-state index in [-0.39, 0.29) is 30.0 Å². The van der Waals surface area contributed by atoms with Crippen LogP contribution in [0.1, 0.15) is 35.7 Å². The van der Waals surface area contributed by atoms with Gasteiger partial charge in [0.2, 0.25) is 5.91 Å². The lowest BCUT2D eigenvalue weighted by Gasteiger charge is -2.11. The van der Waals surface area contributed by atoms with E-state index in [1.807, 2.05) is 31.2 Å². The molecular weight excluding hydrogens is 369 g/mol. The van der Waals surface area contributed by atoms with Crippen molar-refractivity contribution >= 4 is 29.9 Å². The molecule has 27 heavy (non-hydrogen) atoms. The molecular formula is C20H25ClFN3O2. The fourth-order valence-corrected chi connectivity index (χ4v) is 2.42. The van der Waals surface area contributed by atoms with Crippen molar-refractivity contribution in [3.63, 3.8) is 0 Å². The van der Waals surface area contributed by atoms with E-state index < -0.39 is 0 Å². The van der Waals surface area contributed by atoms with Gasteiger partial charge in [0.15, 0.2) is 0 Å². The third-order valence-corrected chi connectivity index (χ3v) is 3.83. The first-order valence-corrected chi connectivity index (χ1v) is 8.72. The zero-order valence-electron chi connectivity index (χ0n) is 15.3. The minimum Gasteiger partial charge on any atom is -0.352 e. The minimum absolute atomic E-state index is 0. The summed E-state index contributed by atoms with van der Waals surface area (Å²) in [6.45, 7) is 3.96. The van der Waals surface area contributed by atoms with Crippen molar-refractivity contribution in [2.45, 2.75) is 26.3 Å². The Hall–Kier alpha value is -2.44. The summed E-state index contributed by atoms with van der Waals surface area (Å²) < 4.78 is 12.8. The average molecular weight is 394 g/mol. The predicted octanol–water partition coefficient (Wildman–Crippen LogP) is 3.51. The maximum atomic E-state index is 12.8. The lowest BCUT2D eigenvalue weighted by atomic mass is 10.1. The number of carbonyl (C=O) groups is 2. The molecule has 0 aliphatic rings. The number of nitrogens with one attached hydrogen (secondary N) is 3.